The van der Waals surface area contributed by atoms with Crippen LogP contribution in [0.3, 0.4) is 0 Å². The van der Waals surface area contributed by atoms with Gasteiger partial charge < -0.3 is 4.74 Å². The highest BCUT2D eigenvalue weighted by Crippen LogP contribution is 2.29. The van der Waals surface area contributed by atoms with Gasteiger partial charge in [0.05, 0.1) is 11.4 Å². The molecule has 4 rings (SSSR count). The predicted octanol–water partition coefficient (Wildman–Crippen LogP) is 6.30. The molecule has 4 aromatic rings. The molecule has 1 heterocycles. The molecule has 0 radical (unpaired) electrons. The maximum atomic E-state index is 6.10. The summed E-state index contributed by atoms with van der Waals surface area (Å²) in [5, 5.41) is 0. The molecule has 0 saturated carbocycles. The van der Waals surface area contributed by atoms with E-state index < -0.39 is 0 Å². The average molecular weight is 351 g/mol. The van der Waals surface area contributed by atoms with Gasteiger partial charge in [-0.3, -0.25) is 0 Å². The number of aryl methyl sites for hydroxylation is 1. The van der Waals surface area contributed by atoms with Crippen molar-refractivity contribution in [1.29, 1.82) is 0 Å². The monoisotopic (exact) mass is 351 g/mol. The fourth-order valence-corrected chi connectivity index (χ4v) is 2.96. The minimum absolute atomic E-state index is 0.534. The SMILES string of the molecule is Cc1ccc(-c2cc(OCc3ccccc3)cc(-c3ccccc3)n2)cc1. The van der Waals surface area contributed by atoms with Crippen LogP contribution >= 0.6 is 0 Å². The Morgan fingerprint density at radius 1 is 0.667 bits per heavy atom. The lowest BCUT2D eigenvalue weighted by atomic mass is 10.1. The molecular weight excluding hydrogens is 330 g/mol. The van der Waals surface area contributed by atoms with Crippen molar-refractivity contribution >= 4 is 0 Å². The number of nitrogens with zero attached hydrogens (tertiary/aromatic N) is 1. The predicted molar refractivity (Wildman–Crippen MR) is 111 cm³/mol. The first-order chi connectivity index (χ1) is 13.3. The minimum Gasteiger partial charge on any atom is -0.489 e. The quantitative estimate of drug-likeness (QED) is 0.421. The zero-order valence-corrected chi connectivity index (χ0v) is 15.3. The van der Waals surface area contributed by atoms with Crippen LogP contribution in [0, 0.1) is 6.92 Å². The molecule has 0 bridgehead atoms. The van der Waals surface area contributed by atoms with Gasteiger partial charge in [0.15, 0.2) is 0 Å². The molecule has 0 aliphatic carbocycles. The molecule has 3 aromatic carbocycles. The van der Waals surface area contributed by atoms with Crippen LogP contribution in [0.15, 0.2) is 97.1 Å². The van der Waals surface area contributed by atoms with Gasteiger partial charge in [0, 0.05) is 23.3 Å². The van der Waals surface area contributed by atoms with Gasteiger partial charge in [0.2, 0.25) is 0 Å². The summed E-state index contributed by atoms with van der Waals surface area (Å²) in [6, 6.07) is 32.9. The van der Waals surface area contributed by atoms with Crippen molar-refractivity contribution in [1.82, 2.24) is 4.98 Å². The van der Waals surface area contributed by atoms with Gasteiger partial charge in [-0.1, -0.05) is 90.5 Å². The summed E-state index contributed by atoms with van der Waals surface area (Å²) >= 11 is 0. The molecule has 1 aromatic heterocycles. The molecule has 0 amide bonds. The van der Waals surface area contributed by atoms with E-state index in [-0.39, 0.29) is 0 Å². The van der Waals surface area contributed by atoms with Crippen molar-refractivity contribution < 1.29 is 4.74 Å². The topological polar surface area (TPSA) is 22.1 Å². The summed E-state index contributed by atoms with van der Waals surface area (Å²) in [4.78, 5) is 4.88. The molecule has 0 atom stereocenters. The third kappa shape index (κ3) is 4.24. The summed E-state index contributed by atoms with van der Waals surface area (Å²) in [5.74, 6) is 0.822. The van der Waals surface area contributed by atoms with E-state index >= 15 is 0 Å². The van der Waals surface area contributed by atoms with Gasteiger partial charge in [0.1, 0.15) is 12.4 Å². The second-order valence-corrected chi connectivity index (χ2v) is 6.58. The van der Waals surface area contributed by atoms with Crippen LogP contribution in [0.1, 0.15) is 11.1 Å². The van der Waals surface area contributed by atoms with E-state index in [1.54, 1.807) is 0 Å². The van der Waals surface area contributed by atoms with Crippen molar-refractivity contribution in [2.75, 3.05) is 0 Å². The van der Waals surface area contributed by atoms with Gasteiger partial charge in [0.25, 0.3) is 0 Å². The normalized spacial score (nSPS) is 10.6. The van der Waals surface area contributed by atoms with Crippen LogP contribution in [0.2, 0.25) is 0 Å². The van der Waals surface area contributed by atoms with Crippen molar-refractivity contribution in [2.24, 2.45) is 0 Å². The Bertz CT molecular complexity index is 1010. The molecular formula is C25H21NO. The average Bonchev–Trinajstić information content (AvgIpc) is 2.74. The van der Waals surface area contributed by atoms with Gasteiger partial charge >= 0.3 is 0 Å². The lowest BCUT2D eigenvalue weighted by molar-refractivity contribution is 0.306. The molecule has 0 saturated heterocycles. The lowest BCUT2D eigenvalue weighted by Crippen LogP contribution is -1.97. The zero-order valence-electron chi connectivity index (χ0n) is 15.3. The Morgan fingerprint density at radius 2 is 1.22 bits per heavy atom. The fourth-order valence-electron chi connectivity index (χ4n) is 2.96. The van der Waals surface area contributed by atoms with Crippen molar-refractivity contribution in [3.63, 3.8) is 0 Å². The van der Waals surface area contributed by atoms with Gasteiger partial charge in [-0.15, -0.1) is 0 Å². The number of benzene rings is 3. The van der Waals surface area contributed by atoms with Crippen LogP contribution in [0.25, 0.3) is 22.5 Å². The third-order valence-corrected chi connectivity index (χ3v) is 4.46. The largest absolute Gasteiger partial charge is 0.489 e. The smallest absolute Gasteiger partial charge is 0.124 e. The molecule has 2 nitrogen and oxygen atoms in total. The second-order valence-electron chi connectivity index (χ2n) is 6.58. The van der Waals surface area contributed by atoms with Crippen molar-refractivity contribution in [3.05, 3.63) is 108 Å². The van der Waals surface area contributed by atoms with E-state index in [9.17, 15) is 0 Å². The standard InChI is InChI=1S/C25H21NO/c1-19-12-14-22(15-13-19)25-17-23(27-18-20-8-4-2-5-9-20)16-24(26-25)21-10-6-3-7-11-21/h2-17H,18H2,1H3. The van der Waals surface area contributed by atoms with Crippen LogP contribution in [0.5, 0.6) is 5.75 Å². The summed E-state index contributed by atoms with van der Waals surface area (Å²) < 4.78 is 6.10. The highest BCUT2D eigenvalue weighted by Gasteiger charge is 2.08. The van der Waals surface area contributed by atoms with Crippen LogP contribution in [-0.4, -0.2) is 4.98 Å². The fraction of sp³-hybridized carbons (Fsp3) is 0.0800. The van der Waals surface area contributed by atoms with E-state index in [0.29, 0.717) is 6.61 Å². The molecule has 0 aliphatic heterocycles. The van der Waals surface area contributed by atoms with E-state index in [1.807, 2.05) is 48.5 Å². The van der Waals surface area contributed by atoms with Crippen LogP contribution < -0.4 is 4.74 Å². The zero-order chi connectivity index (χ0) is 18.5. The molecule has 27 heavy (non-hydrogen) atoms. The molecule has 0 fully saturated rings. The van der Waals surface area contributed by atoms with E-state index in [4.69, 9.17) is 9.72 Å². The lowest BCUT2D eigenvalue weighted by Gasteiger charge is -2.11. The van der Waals surface area contributed by atoms with Crippen LogP contribution in [-0.2, 0) is 6.61 Å². The summed E-state index contributed by atoms with van der Waals surface area (Å²) in [6.07, 6.45) is 0. The van der Waals surface area contributed by atoms with E-state index in [0.717, 1.165) is 33.8 Å². The number of hydrogen-bond donors (Lipinski definition) is 0. The molecule has 0 spiro atoms. The summed E-state index contributed by atoms with van der Waals surface area (Å²) in [6.45, 7) is 2.62. The second kappa shape index (κ2) is 7.88. The van der Waals surface area contributed by atoms with Gasteiger partial charge in [-0.25, -0.2) is 4.98 Å². The highest BCUT2D eigenvalue weighted by atomic mass is 16.5. The Labute approximate surface area is 160 Å². The summed E-state index contributed by atoms with van der Waals surface area (Å²) in [7, 11) is 0. The minimum atomic E-state index is 0.534. The van der Waals surface area contributed by atoms with Gasteiger partial charge in [-0.2, -0.15) is 0 Å². The number of aromatic nitrogens is 1. The molecule has 0 N–H and O–H groups in total. The number of hydrogen-bond acceptors (Lipinski definition) is 2. The Balaban J connectivity index is 1.71. The molecule has 0 aliphatic rings. The first-order valence-corrected chi connectivity index (χ1v) is 9.09. The van der Waals surface area contributed by atoms with E-state index in [1.165, 1.54) is 5.56 Å². The molecule has 132 valence electrons. The van der Waals surface area contributed by atoms with E-state index in [2.05, 4.69) is 55.5 Å². The molecule has 0 unspecified atom stereocenters. The first kappa shape index (κ1) is 17.0. The maximum Gasteiger partial charge on any atom is 0.124 e. The number of rotatable bonds is 5. The molecule has 2 heteroatoms. The third-order valence-electron chi connectivity index (χ3n) is 4.46. The first-order valence-electron chi connectivity index (χ1n) is 9.09. The Kier molecular flexibility index (Phi) is 4.97. The van der Waals surface area contributed by atoms with Crippen molar-refractivity contribution in [2.45, 2.75) is 13.5 Å². The number of ether oxygens (including phenoxy) is 1. The maximum absolute atomic E-state index is 6.10. The Morgan fingerprint density at radius 3 is 1.85 bits per heavy atom. The Hall–Kier alpha value is -3.39. The highest BCUT2D eigenvalue weighted by molar-refractivity contribution is 5.68. The van der Waals surface area contributed by atoms with Crippen molar-refractivity contribution in [3.8, 4) is 28.3 Å². The summed E-state index contributed by atoms with van der Waals surface area (Å²) in [5.41, 5.74) is 6.38. The van der Waals surface area contributed by atoms with Gasteiger partial charge in [-0.05, 0) is 12.5 Å². The van der Waals surface area contributed by atoms with Crippen LogP contribution in [0.4, 0.5) is 0 Å². The number of pyridine rings is 1.